The second-order valence-electron chi connectivity index (χ2n) is 5.93. The van der Waals surface area contributed by atoms with Gasteiger partial charge in [0.1, 0.15) is 0 Å². The largest absolute Gasteiger partial charge is 0.462 e. The van der Waals surface area contributed by atoms with Gasteiger partial charge in [0.25, 0.3) is 5.91 Å². The lowest BCUT2D eigenvalue weighted by Crippen LogP contribution is -2.34. The molecule has 0 saturated carbocycles. The number of benzene rings is 1. The SMILES string of the molecule is CCOC(=O)c1cnn(CCN(CC)C(=O)c2ccccc2-n2nccn2)c1. The predicted molar refractivity (Wildman–Crippen MR) is 101 cm³/mol. The van der Waals surface area contributed by atoms with Crippen molar-refractivity contribution >= 4 is 11.9 Å². The predicted octanol–water partition coefficient (Wildman–Crippen LogP) is 1.80. The minimum absolute atomic E-state index is 0.117. The molecule has 0 fully saturated rings. The normalized spacial score (nSPS) is 10.6. The number of ether oxygens (including phenoxy) is 1. The number of rotatable bonds is 8. The van der Waals surface area contributed by atoms with Crippen LogP contribution in [0.5, 0.6) is 0 Å². The molecular formula is C19H22N6O3. The van der Waals surface area contributed by atoms with Crippen LogP contribution in [-0.4, -0.2) is 61.2 Å². The highest BCUT2D eigenvalue weighted by atomic mass is 16.5. The molecule has 2 heterocycles. The van der Waals surface area contributed by atoms with Gasteiger partial charge in [-0.05, 0) is 26.0 Å². The highest BCUT2D eigenvalue weighted by molar-refractivity contribution is 5.97. The minimum Gasteiger partial charge on any atom is -0.462 e. The van der Waals surface area contributed by atoms with Crippen LogP contribution >= 0.6 is 0 Å². The molecule has 0 aliphatic rings. The van der Waals surface area contributed by atoms with Gasteiger partial charge in [-0.15, -0.1) is 0 Å². The first kappa shape index (κ1) is 19.3. The van der Waals surface area contributed by atoms with Gasteiger partial charge < -0.3 is 9.64 Å². The van der Waals surface area contributed by atoms with Crippen molar-refractivity contribution in [2.24, 2.45) is 0 Å². The molecule has 0 aliphatic heterocycles. The van der Waals surface area contributed by atoms with Crippen LogP contribution in [0.3, 0.4) is 0 Å². The molecule has 0 radical (unpaired) electrons. The monoisotopic (exact) mass is 382 g/mol. The number of amides is 1. The van der Waals surface area contributed by atoms with Gasteiger partial charge in [-0.1, -0.05) is 12.1 Å². The van der Waals surface area contributed by atoms with E-state index in [1.165, 1.54) is 11.0 Å². The van der Waals surface area contributed by atoms with Gasteiger partial charge in [0, 0.05) is 19.3 Å². The summed E-state index contributed by atoms with van der Waals surface area (Å²) in [5.41, 5.74) is 1.54. The van der Waals surface area contributed by atoms with Crippen LogP contribution in [0.2, 0.25) is 0 Å². The first-order valence-corrected chi connectivity index (χ1v) is 9.08. The van der Waals surface area contributed by atoms with Crippen molar-refractivity contribution in [1.29, 1.82) is 0 Å². The van der Waals surface area contributed by atoms with Gasteiger partial charge in [-0.3, -0.25) is 9.48 Å². The third-order valence-electron chi connectivity index (χ3n) is 4.18. The molecule has 0 atom stereocenters. The Morgan fingerprint density at radius 3 is 2.57 bits per heavy atom. The first-order chi connectivity index (χ1) is 13.6. The van der Waals surface area contributed by atoms with Crippen LogP contribution in [0.15, 0.2) is 49.1 Å². The summed E-state index contributed by atoms with van der Waals surface area (Å²) in [6, 6.07) is 7.22. The number of nitrogens with zero attached hydrogens (tertiary/aromatic N) is 6. The lowest BCUT2D eigenvalue weighted by Gasteiger charge is -2.22. The van der Waals surface area contributed by atoms with Crippen LogP contribution < -0.4 is 0 Å². The Balaban J connectivity index is 1.71. The molecular weight excluding hydrogens is 360 g/mol. The van der Waals surface area contributed by atoms with Gasteiger partial charge in [0.15, 0.2) is 0 Å². The smallest absolute Gasteiger partial charge is 0.341 e. The summed E-state index contributed by atoms with van der Waals surface area (Å²) in [4.78, 5) is 28.0. The molecule has 0 spiro atoms. The van der Waals surface area contributed by atoms with Gasteiger partial charge in [-0.2, -0.15) is 20.1 Å². The van der Waals surface area contributed by atoms with Crippen LogP contribution in [-0.2, 0) is 11.3 Å². The average molecular weight is 382 g/mol. The fourth-order valence-corrected chi connectivity index (χ4v) is 2.77. The van der Waals surface area contributed by atoms with Gasteiger partial charge in [0.2, 0.25) is 0 Å². The first-order valence-electron chi connectivity index (χ1n) is 9.08. The zero-order valence-corrected chi connectivity index (χ0v) is 15.9. The fraction of sp³-hybridized carbons (Fsp3) is 0.316. The number of hydrogen-bond donors (Lipinski definition) is 0. The number of para-hydroxylation sites is 1. The number of likely N-dealkylation sites (N-methyl/N-ethyl adjacent to an activating group) is 1. The van der Waals surface area contributed by atoms with E-state index in [2.05, 4.69) is 15.3 Å². The lowest BCUT2D eigenvalue weighted by atomic mass is 10.1. The van der Waals surface area contributed by atoms with E-state index in [-0.39, 0.29) is 5.91 Å². The standard InChI is InChI=1S/C19H22N6O3/c1-3-23(11-12-24-14-15(13-22-24)19(27)28-4-2)18(26)16-7-5-6-8-17(16)25-20-9-10-21-25/h5-10,13-14H,3-4,11-12H2,1-2H3. The van der Waals surface area contributed by atoms with Gasteiger partial charge in [-0.25, -0.2) is 4.79 Å². The maximum Gasteiger partial charge on any atom is 0.341 e. The highest BCUT2D eigenvalue weighted by Gasteiger charge is 2.19. The zero-order valence-electron chi connectivity index (χ0n) is 15.9. The van der Waals surface area contributed by atoms with Gasteiger partial charge in [0.05, 0.1) is 48.6 Å². The Kier molecular flexibility index (Phi) is 6.15. The Morgan fingerprint density at radius 1 is 1.11 bits per heavy atom. The summed E-state index contributed by atoms with van der Waals surface area (Å²) in [6.07, 6.45) is 6.22. The van der Waals surface area contributed by atoms with E-state index < -0.39 is 5.97 Å². The Bertz CT molecular complexity index is 935. The average Bonchev–Trinajstić information content (AvgIpc) is 3.41. The Hall–Kier alpha value is -3.49. The van der Waals surface area contributed by atoms with E-state index in [0.29, 0.717) is 43.1 Å². The van der Waals surface area contributed by atoms with E-state index in [1.807, 2.05) is 19.1 Å². The van der Waals surface area contributed by atoms with E-state index in [9.17, 15) is 9.59 Å². The van der Waals surface area contributed by atoms with E-state index in [0.717, 1.165) is 0 Å². The molecule has 0 N–H and O–H groups in total. The van der Waals surface area contributed by atoms with Crippen molar-refractivity contribution in [2.45, 2.75) is 20.4 Å². The molecule has 1 amide bonds. The summed E-state index contributed by atoms with van der Waals surface area (Å²) in [7, 11) is 0. The summed E-state index contributed by atoms with van der Waals surface area (Å²) < 4.78 is 6.59. The molecule has 146 valence electrons. The van der Waals surface area contributed by atoms with Crippen molar-refractivity contribution < 1.29 is 14.3 Å². The molecule has 9 heteroatoms. The van der Waals surface area contributed by atoms with Crippen LogP contribution in [0.4, 0.5) is 0 Å². The van der Waals surface area contributed by atoms with Crippen molar-refractivity contribution in [3.05, 3.63) is 60.2 Å². The molecule has 0 unspecified atom stereocenters. The number of aromatic nitrogens is 5. The maximum atomic E-state index is 13.1. The van der Waals surface area contributed by atoms with Crippen molar-refractivity contribution in [2.75, 3.05) is 19.7 Å². The van der Waals surface area contributed by atoms with Crippen molar-refractivity contribution in [1.82, 2.24) is 29.7 Å². The highest BCUT2D eigenvalue weighted by Crippen LogP contribution is 2.15. The molecule has 3 aromatic rings. The van der Waals surface area contributed by atoms with Crippen molar-refractivity contribution in [3.63, 3.8) is 0 Å². The van der Waals surface area contributed by atoms with Crippen LogP contribution in [0.25, 0.3) is 5.69 Å². The summed E-state index contributed by atoms with van der Waals surface area (Å²) in [6.45, 7) is 5.42. The zero-order chi connectivity index (χ0) is 19.9. The van der Waals surface area contributed by atoms with Crippen LogP contribution in [0.1, 0.15) is 34.6 Å². The number of esters is 1. The van der Waals surface area contributed by atoms with Crippen LogP contribution in [0, 0.1) is 0 Å². The Labute approximate surface area is 162 Å². The molecule has 0 bridgehead atoms. The molecule has 28 heavy (non-hydrogen) atoms. The molecule has 3 rings (SSSR count). The quantitative estimate of drug-likeness (QED) is 0.551. The summed E-state index contributed by atoms with van der Waals surface area (Å²) in [5, 5.41) is 12.4. The number of hydrogen-bond acceptors (Lipinski definition) is 6. The second-order valence-corrected chi connectivity index (χ2v) is 5.93. The van der Waals surface area contributed by atoms with E-state index in [1.54, 1.807) is 47.2 Å². The fourth-order valence-electron chi connectivity index (χ4n) is 2.77. The lowest BCUT2D eigenvalue weighted by molar-refractivity contribution is 0.0525. The topological polar surface area (TPSA) is 95.1 Å². The number of carbonyl (C=O) groups excluding carboxylic acids is 2. The molecule has 0 saturated heterocycles. The molecule has 1 aromatic carbocycles. The Morgan fingerprint density at radius 2 is 1.86 bits per heavy atom. The summed E-state index contributed by atoms with van der Waals surface area (Å²) >= 11 is 0. The molecule has 0 aliphatic carbocycles. The van der Waals surface area contributed by atoms with Gasteiger partial charge >= 0.3 is 5.97 Å². The second kappa shape index (κ2) is 8.94. The minimum atomic E-state index is -0.405. The van der Waals surface area contributed by atoms with E-state index >= 15 is 0 Å². The third kappa shape index (κ3) is 4.25. The molecule has 9 nitrogen and oxygen atoms in total. The molecule has 2 aromatic heterocycles. The third-order valence-corrected chi connectivity index (χ3v) is 4.18. The maximum absolute atomic E-state index is 13.1. The van der Waals surface area contributed by atoms with Crippen molar-refractivity contribution in [3.8, 4) is 5.69 Å². The number of carbonyl (C=O) groups is 2. The van der Waals surface area contributed by atoms with E-state index in [4.69, 9.17) is 4.74 Å². The summed E-state index contributed by atoms with van der Waals surface area (Å²) in [5.74, 6) is -0.522.